The molecule has 2 atom stereocenters. The predicted molar refractivity (Wildman–Crippen MR) is 145 cm³/mol. The highest BCUT2D eigenvalue weighted by molar-refractivity contribution is 6.35. The second-order valence-electron chi connectivity index (χ2n) is 10.3. The van der Waals surface area contributed by atoms with Gasteiger partial charge in [0.25, 0.3) is 0 Å². The van der Waals surface area contributed by atoms with E-state index in [0.717, 1.165) is 0 Å². The summed E-state index contributed by atoms with van der Waals surface area (Å²) in [5.74, 6) is -0.511. The SMILES string of the molecule is CCOC(=O)C1=C(CN2CCN(C(=O)NC(C)(C)C)[C@H](C)C2)N(CC)C(=O)N[C@H]1c1ccc(Cl)cc1Cl. The van der Waals surface area contributed by atoms with Gasteiger partial charge in [-0.3, -0.25) is 9.80 Å². The van der Waals surface area contributed by atoms with Crippen LogP contribution in [0.25, 0.3) is 0 Å². The molecule has 1 saturated heterocycles. The molecular formula is C26H37Cl2N5O4. The van der Waals surface area contributed by atoms with Gasteiger partial charge in [0.15, 0.2) is 0 Å². The fourth-order valence-electron chi connectivity index (χ4n) is 4.71. The molecule has 2 heterocycles. The Morgan fingerprint density at radius 2 is 1.89 bits per heavy atom. The zero-order valence-corrected chi connectivity index (χ0v) is 23.9. The number of carbonyl (C=O) groups excluding carboxylic acids is 3. The number of urea groups is 2. The lowest BCUT2D eigenvalue weighted by Gasteiger charge is -2.43. The maximum atomic E-state index is 13.3. The molecule has 0 spiro atoms. The summed E-state index contributed by atoms with van der Waals surface area (Å²) in [4.78, 5) is 44.8. The van der Waals surface area contributed by atoms with Crippen molar-refractivity contribution in [3.8, 4) is 0 Å². The minimum absolute atomic E-state index is 0.0586. The summed E-state index contributed by atoms with van der Waals surface area (Å²) in [6.07, 6.45) is 0. The summed E-state index contributed by atoms with van der Waals surface area (Å²) >= 11 is 12.6. The van der Waals surface area contributed by atoms with Crippen LogP contribution in [0.15, 0.2) is 29.5 Å². The van der Waals surface area contributed by atoms with Gasteiger partial charge in [0.05, 0.1) is 18.2 Å². The van der Waals surface area contributed by atoms with E-state index in [-0.39, 0.29) is 30.2 Å². The summed E-state index contributed by atoms with van der Waals surface area (Å²) in [5.41, 5.74) is 1.14. The summed E-state index contributed by atoms with van der Waals surface area (Å²) < 4.78 is 5.44. The first-order chi connectivity index (χ1) is 17.4. The lowest BCUT2D eigenvalue weighted by atomic mass is 9.94. The Morgan fingerprint density at radius 1 is 1.19 bits per heavy atom. The van der Waals surface area contributed by atoms with Crippen molar-refractivity contribution in [1.29, 1.82) is 0 Å². The minimum atomic E-state index is -0.787. The molecule has 37 heavy (non-hydrogen) atoms. The number of benzene rings is 1. The molecule has 0 unspecified atom stereocenters. The number of nitrogens with zero attached hydrogens (tertiary/aromatic N) is 3. The third kappa shape index (κ3) is 6.89. The largest absolute Gasteiger partial charge is 0.463 e. The van der Waals surface area contributed by atoms with Crippen molar-refractivity contribution in [3.05, 3.63) is 45.1 Å². The number of amides is 4. The zero-order chi connectivity index (χ0) is 27.5. The lowest BCUT2D eigenvalue weighted by molar-refractivity contribution is -0.139. The van der Waals surface area contributed by atoms with Crippen LogP contribution in [0.5, 0.6) is 0 Å². The Labute approximate surface area is 229 Å². The molecule has 4 amide bonds. The van der Waals surface area contributed by atoms with Crippen LogP contribution in [0.4, 0.5) is 9.59 Å². The molecule has 0 saturated carbocycles. The van der Waals surface area contributed by atoms with Crippen LogP contribution >= 0.6 is 23.2 Å². The zero-order valence-electron chi connectivity index (χ0n) is 22.4. The van der Waals surface area contributed by atoms with Crippen molar-refractivity contribution in [1.82, 2.24) is 25.3 Å². The van der Waals surface area contributed by atoms with Gasteiger partial charge >= 0.3 is 18.0 Å². The van der Waals surface area contributed by atoms with Gasteiger partial charge in [-0.15, -0.1) is 0 Å². The highest BCUT2D eigenvalue weighted by Crippen LogP contribution is 2.36. The molecule has 0 aliphatic carbocycles. The number of esters is 1. The predicted octanol–water partition coefficient (Wildman–Crippen LogP) is 4.41. The number of ether oxygens (including phenoxy) is 1. The summed E-state index contributed by atoms with van der Waals surface area (Å²) in [5, 5.41) is 6.74. The molecule has 9 nitrogen and oxygen atoms in total. The monoisotopic (exact) mass is 553 g/mol. The Bertz CT molecular complexity index is 1070. The van der Waals surface area contributed by atoms with Crippen molar-refractivity contribution >= 4 is 41.2 Å². The van der Waals surface area contributed by atoms with E-state index in [4.69, 9.17) is 27.9 Å². The molecule has 1 fully saturated rings. The van der Waals surface area contributed by atoms with Crippen molar-refractivity contribution in [2.45, 2.75) is 59.2 Å². The lowest BCUT2D eigenvalue weighted by Crippen LogP contribution is -2.59. The molecule has 0 aromatic heterocycles. The number of carbonyl (C=O) groups is 3. The molecule has 2 aliphatic heterocycles. The number of likely N-dealkylation sites (N-methyl/N-ethyl adjacent to an activating group) is 1. The second-order valence-corrected chi connectivity index (χ2v) is 11.2. The smallest absolute Gasteiger partial charge is 0.338 e. The van der Waals surface area contributed by atoms with E-state index in [1.54, 1.807) is 30.0 Å². The van der Waals surface area contributed by atoms with E-state index < -0.39 is 12.0 Å². The first kappa shape index (κ1) is 29.1. The molecule has 0 radical (unpaired) electrons. The minimum Gasteiger partial charge on any atom is -0.463 e. The molecule has 11 heteroatoms. The molecule has 204 valence electrons. The third-order valence-electron chi connectivity index (χ3n) is 6.35. The summed E-state index contributed by atoms with van der Waals surface area (Å²) in [6.45, 7) is 14.0. The van der Waals surface area contributed by atoms with Crippen molar-refractivity contribution in [3.63, 3.8) is 0 Å². The van der Waals surface area contributed by atoms with E-state index in [1.807, 2.05) is 39.5 Å². The average molecular weight is 555 g/mol. The van der Waals surface area contributed by atoms with Crippen LogP contribution in [-0.4, -0.2) is 83.6 Å². The van der Waals surface area contributed by atoms with Gasteiger partial charge in [-0.1, -0.05) is 29.3 Å². The first-order valence-corrected chi connectivity index (χ1v) is 13.4. The second kappa shape index (κ2) is 11.9. The summed E-state index contributed by atoms with van der Waals surface area (Å²) in [6, 6.07) is 3.70. The van der Waals surface area contributed by atoms with Crippen LogP contribution in [0, 0.1) is 0 Å². The summed E-state index contributed by atoms with van der Waals surface area (Å²) in [7, 11) is 0. The number of piperazine rings is 1. The topological polar surface area (TPSA) is 94.2 Å². The van der Waals surface area contributed by atoms with E-state index in [2.05, 4.69) is 15.5 Å². The highest BCUT2D eigenvalue weighted by atomic mass is 35.5. The van der Waals surface area contributed by atoms with E-state index >= 15 is 0 Å². The van der Waals surface area contributed by atoms with Gasteiger partial charge in [-0.05, 0) is 59.2 Å². The Kier molecular flexibility index (Phi) is 9.37. The van der Waals surface area contributed by atoms with Gasteiger partial charge < -0.3 is 20.3 Å². The first-order valence-electron chi connectivity index (χ1n) is 12.6. The molecule has 2 aliphatic rings. The van der Waals surface area contributed by atoms with Crippen LogP contribution in [-0.2, 0) is 9.53 Å². The number of nitrogens with one attached hydrogen (secondary N) is 2. The van der Waals surface area contributed by atoms with Crippen LogP contribution < -0.4 is 10.6 Å². The quantitative estimate of drug-likeness (QED) is 0.509. The fourth-order valence-corrected chi connectivity index (χ4v) is 5.23. The van der Waals surface area contributed by atoms with Gasteiger partial charge in [-0.25, -0.2) is 14.4 Å². The third-order valence-corrected chi connectivity index (χ3v) is 6.91. The van der Waals surface area contributed by atoms with Crippen molar-refractivity contribution < 1.29 is 19.1 Å². The van der Waals surface area contributed by atoms with Gasteiger partial charge in [-0.2, -0.15) is 0 Å². The number of halogens is 2. The van der Waals surface area contributed by atoms with Gasteiger partial charge in [0.2, 0.25) is 0 Å². The maximum absolute atomic E-state index is 13.3. The number of hydrogen-bond donors (Lipinski definition) is 2. The Hall–Kier alpha value is -2.49. The van der Waals surface area contributed by atoms with Crippen LogP contribution in [0.3, 0.4) is 0 Å². The van der Waals surface area contributed by atoms with Gasteiger partial charge in [0.1, 0.15) is 0 Å². The molecule has 1 aromatic rings. The van der Waals surface area contributed by atoms with Gasteiger partial charge in [0, 0.05) is 60.0 Å². The van der Waals surface area contributed by atoms with E-state index in [1.165, 1.54) is 0 Å². The van der Waals surface area contributed by atoms with Crippen molar-refractivity contribution in [2.75, 3.05) is 39.3 Å². The normalized spacial score (nSPS) is 21.1. The molecular weight excluding hydrogens is 517 g/mol. The van der Waals surface area contributed by atoms with E-state index in [9.17, 15) is 14.4 Å². The molecule has 0 bridgehead atoms. The van der Waals surface area contributed by atoms with Crippen molar-refractivity contribution in [2.24, 2.45) is 0 Å². The maximum Gasteiger partial charge on any atom is 0.338 e. The Balaban J connectivity index is 1.96. The standard InChI is InChI=1S/C26H37Cl2N5O4/c1-7-32-20(15-31-11-12-33(16(3)14-31)25(36)30-26(4,5)6)21(23(34)37-8-2)22(29-24(32)35)18-10-9-17(27)13-19(18)28/h9-10,13,16,22H,7-8,11-12,14-15H2,1-6H3,(H,29,35)(H,30,36)/t16-,22+/m1/s1. The average Bonchev–Trinajstić information content (AvgIpc) is 2.78. The fraction of sp³-hybridized carbons (Fsp3) is 0.577. The molecule has 3 rings (SSSR count). The van der Waals surface area contributed by atoms with Crippen LogP contribution in [0.1, 0.15) is 53.1 Å². The van der Waals surface area contributed by atoms with Crippen LogP contribution in [0.2, 0.25) is 10.0 Å². The van der Waals surface area contributed by atoms with E-state index in [0.29, 0.717) is 59.6 Å². The number of rotatable bonds is 6. The highest BCUT2D eigenvalue weighted by Gasteiger charge is 2.40. The molecule has 2 N–H and O–H groups in total. The molecule has 1 aromatic carbocycles. The Morgan fingerprint density at radius 3 is 2.46 bits per heavy atom. The number of hydrogen-bond acceptors (Lipinski definition) is 5.